The van der Waals surface area contributed by atoms with Crippen LogP contribution in [-0.2, 0) is 14.3 Å². The SMILES string of the molecule is COc1ccc(C(O)[C@H]2CO[C@H](c3ccc(OC)c(OC)c3)[C@H]2COC(C)=O)cc1OC. The fraction of sp³-hybridized carbons (Fsp3) is 0.458. The summed E-state index contributed by atoms with van der Waals surface area (Å²) in [7, 11) is 6.24. The van der Waals surface area contributed by atoms with E-state index in [4.69, 9.17) is 28.4 Å². The summed E-state index contributed by atoms with van der Waals surface area (Å²) >= 11 is 0. The molecule has 174 valence electrons. The highest BCUT2D eigenvalue weighted by atomic mass is 16.5. The number of aliphatic hydroxyl groups is 1. The second-order valence-electron chi connectivity index (χ2n) is 7.56. The molecular formula is C24H30O8. The maximum Gasteiger partial charge on any atom is 0.302 e. The average Bonchev–Trinajstić information content (AvgIpc) is 3.25. The van der Waals surface area contributed by atoms with Crippen LogP contribution in [0, 0.1) is 11.8 Å². The highest BCUT2D eigenvalue weighted by Crippen LogP contribution is 2.46. The zero-order chi connectivity index (χ0) is 23.3. The molecular weight excluding hydrogens is 416 g/mol. The van der Waals surface area contributed by atoms with Gasteiger partial charge in [-0.05, 0) is 35.4 Å². The smallest absolute Gasteiger partial charge is 0.302 e. The fourth-order valence-corrected chi connectivity index (χ4v) is 4.09. The van der Waals surface area contributed by atoms with Crippen molar-refractivity contribution in [1.29, 1.82) is 0 Å². The lowest BCUT2D eigenvalue weighted by Gasteiger charge is -2.27. The number of esters is 1. The summed E-state index contributed by atoms with van der Waals surface area (Å²) in [5.41, 5.74) is 1.51. The van der Waals surface area contributed by atoms with Crippen LogP contribution in [-0.4, -0.2) is 52.7 Å². The molecule has 32 heavy (non-hydrogen) atoms. The molecule has 1 aliphatic rings. The van der Waals surface area contributed by atoms with Crippen molar-refractivity contribution >= 4 is 5.97 Å². The third-order valence-corrected chi connectivity index (χ3v) is 5.78. The van der Waals surface area contributed by atoms with E-state index >= 15 is 0 Å². The van der Waals surface area contributed by atoms with Crippen molar-refractivity contribution in [3.63, 3.8) is 0 Å². The number of ether oxygens (including phenoxy) is 6. The predicted octanol–water partition coefficient (Wildman–Crippen LogP) is 3.32. The molecule has 8 heteroatoms. The summed E-state index contributed by atoms with van der Waals surface area (Å²) in [5.74, 6) is 1.30. The average molecular weight is 446 g/mol. The van der Waals surface area contributed by atoms with Gasteiger partial charge in [-0.3, -0.25) is 4.79 Å². The zero-order valence-corrected chi connectivity index (χ0v) is 19.0. The lowest BCUT2D eigenvalue weighted by molar-refractivity contribution is -0.143. The molecule has 0 aromatic heterocycles. The molecule has 0 spiro atoms. The van der Waals surface area contributed by atoms with Gasteiger partial charge in [-0.1, -0.05) is 12.1 Å². The van der Waals surface area contributed by atoms with Gasteiger partial charge in [0.1, 0.15) is 0 Å². The molecule has 0 saturated carbocycles. The highest BCUT2D eigenvalue weighted by molar-refractivity contribution is 5.65. The van der Waals surface area contributed by atoms with Crippen LogP contribution in [0.2, 0.25) is 0 Å². The number of rotatable bonds is 9. The van der Waals surface area contributed by atoms with E-state index in [1.807, 2.05) is 12.1 Å². The van der Waals surface area contributed by atoms with E-state index in [1.165, 1.54) is 6.92 Å². The monoisotopic (exact) mass is 446 g/mol. The van der Waals surface area contributed by atoms with Crippen molar-refractivity contribution in [2.24, 2.45) is 11.8 Å². The van der Waals surface area contributed by atoms with Gasteiger partial charge in [0.15, 0.2) is 23.0 Å². The summed E-state index contributed by atoms with van der Waals surface area (Å²) in [6.07, 6.45) is -1.26. The van der Waals surface area contributed by atoms with Crippen LogP contribution in [0.15, 0.2) is 36.4 Å². The minimum absolute atomic E-state index is 0.114. The van der Waals surface area contributed by atoms with Crippen LogP contribution in [0.1, 0.15) is 30.3 Å². The molecule has 1 N–H and O–H groups in total. The summed E-state index contributed by atoms with van der Waals surface area (Å²) in [4.78, 5) is 11.5. The van der Waals surface area contributed by atoms with E-state index in [0.717, 1.165) is 5.56 Å². The maximum absolute atomic E-state index is 11.5. The number of aliphatic hydroxyl groups excluding tert-OH is 1. The van der Waals surface area contributed by atoms with Crippen molar-refractivity contribution < 1.29 is 38.3 Å². The molecule has 0 radical (unpaired) electrons. The van der Waals surface area contributed by atoms with Crippen molar-refractivity contribution in [2.75, 3.05) is 41.7 Å². The number of methoxy groups -OCH3 is 4. The zero-order valence-electron chi connectivity index (χ0n) is 19.0. The molecule has 1 fully saturated rings. The number of benzene rings is 2. The molecule has 8 nitrogen and oxygen atoms in total. The normalized spacial score (nSPS) is 21.0. The molecule has 2 aromatic carbocycles. The third kappa shape index (κ3) is 4.92. The Balaban J connectivity index is 1.91. The predicted molar refractivity (Wildman–Crippen MR) is 116 cm³/mol. The van der Waals surface area contributed by atoms with E-state index in [9.17, 15) is 9.90 Å². The van der Waals surface area contributed by atoms with Gasteiger partial charge in [-0.25, -0.2) is 0 Å². The fourth-order valence-electron chi connectivity index (χ4n) is 4.09. The Morgan fingerprint density at radius 1 is 0.969 bits per heavy atom. The van der Waals surface area contributed by atoms with Crippen LogP contribution in [0.25, 0.3) is 0 Å². The van der Waals surface area contributed by atoms with E-state index in [0.29, 0.717) is 35.2 Å². The highest BCUT2D eigenvalue weighted by Gasteiger charge is 2.43. The Labute approximate surface area is 187 Å². The third-order valence-electron chi connectivity index (χ3n) is 5.78. The van der Waals surface area contributed by atoms with Crippen molar-refractivity contribution in [2.45, 2.75) is 19.1 Å². The van der Waals surface area contributed by atoms with Crippen LogP contribution in [0.4, 0.5) is 0 Å². The topological polar surface area (TPSA) is 92.7 Å². The molecule has 4 atom stereocenters. The molecule has 1 unspecified atom stereocenters. The Bertz CT molecular complexity index is 928. The van der Waals surface area contributed by atoms with Gasteiger partial charge in [-0.15, -0.1) is 0 Å². The molecule has 0 amide bonds. The first-order valence-corrected chi connectivity index (χ1v) is 10.3. The molecule has 3 rings (SSSR count). The molecule has 1 saturated heterocycles. The standard InChI is InChI=1S/C24H30O8/c1-14(25)31-13-18-17(23(26)15-6-8-19(27-2)21(10-15)29-4)12-32-24(18)16-7-9-20(28-3)22(11-16)30-5/h6-11,17-18,23-24,26H,12-13H2,1-5H3/t17-,18-,23?,24+/m0/s1. The first kappa shape index (κ1) is 23.7. The molecule has 1 aliphatic heterocycles. The lowest BCUT2D eigenvalue weighted by atomic mass is 9.82. The van der Waals surface area contributed by atoms with Crippen molar-refractivity contribution in [3.8, 4) is 23.0 Å². The largest absolute Gasteiger partial charge is 0.493 e. The molecule has 2 aromatic rings. The van der Waals surface area contributed by atoms with E-state index in [-0.39, 0.29) is 24.4 Å². The van der Waals surface area contributed by atoms with Gasteiger partial charge in [0.05, 0.1) is 53.9 Å². The summed E-state index contributed by atoms with van der Waals surface area (Å²) in [5, 5.41) is 11.2. The van der Waals surface area contributed by atoms with Gasteiger partial charge in [0.25, 0.3) is 0 Å². The van der Waals surface area contributed by atoms with E-state index in [2.05, 4.69) is 0 Å². The van der Waals surface area contributed by atoms with Crippen molar-refractivity contribution in [3.05, 3.63) is 47.5 Å². The summed E-state index contributed by atoms with van der Waals surface area (Å²) in [6.45, 7) is 1.77. The van der Waals surface area contributed by atoms with E-state index < -0.39 is 12.2 Å². The number of carbonyl (C=O) groups is 1. The Kier molecular flexibility index (Phi) is 7.82. The first-order chi connectivity index (χ1) is 15.4. The first-order valence-electron chi connectivity index (χ1n) is 10.3. The van der Waals surface area contributed by atoms with Crippen molar-refractivity contribution in [1.82, 2.24) is 0 Å². The summed E-state index contributed by atoms with van der Waals surface area (Å²) in [6, 6.07) is 10.8. The minimum Gasteiger partial charge on any atom is -0.493 e. The van der Waals surface area contributed by atoms with Gasteiger partial charge >= 0.3 is 5.97 Å². The quantitative estimate of drug-likeness (QED) is 0.587. The Morgan fingerprint density at radius 3 is 2.16 bits per heavy atom. The number of hydrogen-bond donors (Lipinski definition) is 1. The van der Waals surface area contributed by atoms with E-state index in [1.54, 1.807) is 52.7 Å². The molecule has 0 bridgehead atoms. The van der Waals surface area contributed by atoms with Crippen LogP contribution >= 0.6 is 0 Å². The lowest BCUT2D eigenvalue weighted by Crippen LogP contribution is -2.27. The second-order valence-corrected chi connectivity index (χ2v) is 7.56. The van der Waals surface area contributed by atoms with Gasteiger partial charge in [-0.2, -0.15) is 0 Å². The molecule has 0 aliphatic carbocycles. The van der Waals surface area contributed by atoms with Gasteiger partial charge in [0.2, 0.25) is 0 Å². The Morgan fingerprint density at radius 2 is 1.56 bits per heavy atom. The maximum atomic E-state index is 11.5. The van der Waals surface area contributed by atoms with Crippen LogP contribution < -0.4 is 18.9 Å². The second kappa shape index (κ2) is 10.6. The number of hydrogen-bond acceptors (Lipinski definition) is 8. The van der Waals surface area contributed by atoms with Gasteiger partial charge in [0, 0.05) is 18.8 Å². The van der Waals surface area contributed by atoms with Crippen LogP contribution in [0.3, 0.4) is 0 Å². The van der Waals surface area contributed by atoms with Gasteiger partial charge < -0.3 is 33.5 Å². The molecule has 1 heterocycles. The van der Waals surface area contributed by atoms with Crippen LogP contribution in [0.5, 0.6) is 23.0 Å². The minimum atomic E-state index is -0.861. The number of carbonyl (C=O) groups excluding carboxylic acids is 1. The summed E-state index contributed by atoms with van der Waals surface area (Å²) < 4.78 is 32.9. The Hall–Kier alpha value is -2.97.